The molecule has 0 aliphatic rings. The number of imidazole rings is 1. The molecule has 0 radical (unpaired) electrons. The molecule has 0 unspecified atom stereocenters. The van der Waals surface area contributed by atoms with Gasteiger partial charge in [0.1, 0.15) is 5.82 Å². The van der Waals surface area contributed by atoms with Gasteiger partial charge in [0, 0.05) is 27.3 Å². The van der Waals surface area contributed by atoms with Gasteiger partial charge in [0.05, 0.1) is 29.2 Å². The number of nitrogens with zero attached hydrogens (tertiary/aromatic N) is 5. The van der Waals surface area contributed by atoms with Gasteiger partial charge in [0.15, 0.2) is 11.5 Å². The molecule has 0 bridgehead atoms. The molecule has 0 saturated carbocycles. The maximum Gasteiger partial charge on any atom is 0.178 e. The van der Waals surface area contributed by atoms with E-state index in [4.69, 9.17) is 0 Å². The molecule has 20 heavy (non-hydrogen) atoms. The fourth-order valence-corrected chi connectivity index (χ4v) is 2.23. The van der Waals surface area contributed by atoms with Crippen LogP contribution in [0.1, 0.15) is 0 Å². The molecule has 3 rings (SSSR count). The van der Waals surface area contributed by atoms with Gasteiger partial charge in [0.2, 0.25) is 0 Å². The molecule has 5 nitrogen and oxygen atoms in total. The lowest BCUT2D eigenvalue weighted by Gasteiger charge is -2.16. The van der Waals surface area contributed by atoms with E-state index < -0.39 is 5.82 Å². The first kappa shape index (κ1) is 12.5. The van der Waals surface area contributed by atoms with Crippen LogP contribution in [-0.2, 0) is 7.05 Å². The first-order valence-electron chi connectivity index (χ1n) is 6.18. The van der Waals surface area contributed by atoms with Crippen LogP contribution in [0.4, 0.5) is 10.1 Å². The highest BCUT2D eigenvalue weighted by atomic mass is 19.1. The van der Waals surface area contributed by atoms with Gasteiger partial charge < -0.3 is 9.47 Å². The Morgan fingerprint density at radius 3 is 2.75 bits per heavy atom. The number of hydrogen-bond acceptors (Lipinski definition) is 4. The first-order valence-corrected chi connectivity index (χ1v) is 6.18. The van der Waals surface area contributed by atoms with Crippen molar-refractivity contribution >= 4 is 16.9 Å². The summed E-state index contributed by atoms with van der Waals surface area (Å²) < 4.78 is 16.1. The molecular weight excluding hydrogens is 257 g/mol. The van der Waals surface area contributed by atoms with Gasteiger partial charge in [-0.05, 0) is 12.1 Å². The minimum Gasteiger partial charge on any atom is -0.376 e. The number of pyridine rings is 2. The number of aryl methyl sites for hydroxylation is 1. The SMILES string of the molecule is CN(C)c1cncc(F)c1-c1nc2ncccc2n1C. The van der Waals surface area contributed by atoms with E-state index in [1.807, 2.05) is 42.7 Å². The van der Waals surface area contributed by atoms with E-state index >= 15 is 0 Å². The fraction of sp³-hybridized carbons (Fsp3) is 0.214. The quantitative estimate of drug-likeness (QED) is 0.717. The Labute approximate surface area is 115 Å². The Kier molecular flexibility index (Phi) is 2.85. The minimum atomic E-state index is -0.394. The predicted octanol–water partition coefficient (Wildman–Crippen LogP) is 2.24. The van der Waals surface area contributed by atoms with Crippen LogP contribution in [-0.4, -0.2) is 33.6 Å². The normalized spacial score (nSPS) is 11.0. The monoisotopic (exact) mass is 271 g/mol. The Morgan fingerprint density at radius 2 is 2.05 bits per heavy atom. The molecule has 0 aromatic carbocycles. The Balaban J connectivity index is 2.34. The van der Waals surface area contributed by atoms with Gasteiger partial charge in [-0.1, -0.05) is 0 Å². The van der Waals surface area contributed by atoms with E-state index in [9.17, 15) is 4.39 Å². The second kappa shape index (κ2) is 4.56. The summed E-state index contributed by atoms with van der Waals surface area (Å²) in [5.74, 6) is 0.150. The van der Waals surface area contributed by atoms with Crippen LogP contribution < -0.4 is 4.90 Å². The molecule has 6 heteroatoms. The second-order valence-electron chi connectivity index (χ2n) is 4.75. The molecule has 0 fully saturated rings. The topological polar surface area (TPSA) is 46.8 Å². The van der Waals surface area contributed by atoms with Crippen LogP contribution in [0.5, 0.6) is 0 Å². The Hall–Kier alpha value is -2.50. The number of anilines is 1. The van der Waals surface area contributed by atoms with Gasteiger partial charge in [-0.3, -0.25) is 4.98 Å². The molecule has 0 amide bonds. The zero-order chi connectivity index (χ0) is 14.3. The maximum atomic E-state index is 14.2. The maximum absolute atomic E-state index is 14.2. The molecule has 3 heterocycles. The standard InChI is InChI=1S/C14H14FN5/c1-19(2)11-8-16-7-9(15)12(11)14-18-13-10(20(14)3)5-4-6-17-13/h4-8H,1-3H3. The molecule has 3 aromatic rings. The van der Waals surface area contributed by atoms with Crippen LogP contribution in [0.3, 0.4) is 0 Å². The van der Waals surface area contributed by atoms with Gasteiger partial charge in [0.25, 0.3) is 0 Å². The van der Waals surface area contributed by atoms with Crippen molar-refractivity contribution < 1.29 is 4.39 Å². The molecule has 0 saturated heterocycles. The van der Waals surface area contributed by atoms with Crippen LogP contribution in [0.25, 0.3) is 22.6 Å². The molecule has 102 valence electrons. The zero-order valence-corrected chi connectivity index (χ0v) is 11.5. The highest BCUT2D eigenvalue weighted by molar-refractivity contribution is 5.82. The lowest BCUT2D eigenvalue weighted by molar-refractivity contribution is 0.622. The Bertz CT molecular complexity index is 778. The average molecular weight is 271 g/mol. The fourth-order valence-electron chi connectivity index (χ4n) is 2.23. The van der Waals surface area contributed by atoms with Crippen molar-refractivity contribution in [3.8, 4) is 11.4 Å². The third-order valence-corrected chi connectivity index (χ3v) is 3.24. The number of halogens is 1. The van der Waals surface area contributed by atoms with Crippen molar-refractivity contribution in [3.05, 3.63) is 36.5 Å². The van der Waals surface area contributed by atoms with Crippen LogP contribution in [0, 0.1) is 5.82 Å². The van der Waals surface area contributed by atoms with Crippen LogP contribution >= 0.6 is 0 Å². The van der Waals surface area contributed by atoms with Crippen molar-refractivity contribution in [3.63, 3.8) is 0 Å². The van der Waals surface area contributed by atoms with E-state index in [-0.39, 0.29) is 0 Å². The summed E-state index contributed by atoms with van der Waals surface area (Å²) >= 11 is 0. The minimum absolute atomic E-state index is 0.394. The van der Waals surface area contributed by atoms with Crippen LogP contribution in [0.2, 0.25) is 0 Å². The Morgan fingerprint density at radius 1 is 1.25 bits per heavy atom. The van der Waals surface area contributed by atoms with Crippen molar-refractivity contribution in [2.45, 2.75) is 0 Å². The van der Waals surface area contributed by atoms with E-state index in [1.54, 1.807) is 12.4 Å². The zero-order valence-electron chi connectivity index (χ0n) is 11.5. The summed E-state index contributed by atoms with van der Waals surface area (Å²) in [4.78, 5) is 14.4. The van der Waals surface area contributed by atoms with Gasteiger partial charge >= 0.3 is 0 Å². The summed E-state index contributed by atoms with van der Waals surface area (Å²) in [6.07, 6.45) is 4.51. The van der Waals surface area contributed by atoms with E-state index in [0.717, 1.165) is 5.52 Å². The summed E-state index contributed by atoms with van der Waals surface area (Å²) in [6.45, 7) is 0. The van der Waals surface area contributed by atoms with E-state index in [1.165, 1.54) is 6.20 Å². The summed E-state index contributed by atoms with van der Waals surface area (Å²) in [5.41, 5.74) is 2.59. The predicted molar refractivity (Wildman–Crippen MR) is 76.0 cm³/mol. The highest BCUT2D eigenvalue weighted by Crippen LogP contribution is 2.32. The summed E-state index contributed by atoms with van der Waals surface area (Å²) in [5, 5.41) is 0. The van der Waals surface area contributed by atoms with E-state index in [0.29, 0.717) is 22.7 Å². The molecule has 0 aliphatic carbocycles. The third-order valence-electron chi connectivity index (χ3n) is 3.24. The average Bonchev–Trinajstić information content (AvgIpc) is 2.76. The number of aromatic nitrogens is 4. The van der Waals surface area contributed by atoms with E-state index in [2.05, 4.69) is 15.0 Å². The lowest BCUT2D eigenvalue weighted by atomic mass is 10.2. The number of rotatable bonds is 2. The number of hydrogen-bond donors (Lipinski definition) is 0. The van der Waals surface area contributed by atoms with Gasteiger partial charge in [-0.2, -0.15) is 0 Å². The molecule has 0 atom stereocenters. The van der Waals surface area contributed by atoms with Crippen molar-refractivity contribution in [1.29, 1.82) is 0 Å². The molecular formula is C14H14FN5. The molecule has 0 N–H and O–H groups in total. The smallest absolute Gasteiger partial charge is 0.178 e. The van der Waals surface area contributed by atoms with Crippen molar-refractivity contribution in [2.24, 2.45) is 7.05 Å². The highest BCUT2D eigenvalue weighted by Gasteiger charge is 2.19. The van der Waals surface area contributed by atoms with Crippen LogP contribution in [0.15, 0.2) is 30.7 Å². The number of fused-ring (bicyclic) bond motifs is 1. The van der Waals surface area contributed by atoms with Crippen molar-refractivity contribution in [2.75, 3.05) is 19.0 Å². The first-order chi connectivity index (χ1) is 9.59. The molecule has 0 spiro atoms. The lowest BCUT2D eigenvalue weighted by Crippen LogP contribution is -2.12. The summed E-state index contributed by atoms with van der Waals surface area (Å²) in [7, 11) is 5.55. The molecule has 0 aliphatic heterocycles. The third kappa shape index (κ3) is 1.80. The van der Waals surface area contributed by atoms with Gasteiger partial charge in [-0.25, -0.2) is 14.4 Å². The molecule has 3 aromatic heterocycles. The van der Waals surface area contributed by atoms with Crippen molar-refractivity contribution in [1.82, 2.24) is 19.5 Å². The largest absolute Gasteiger partial charge is 0.376 e. The second-order valence-corrected chi connectivity index (χ2v) is 4.75. The van der Waals surface area contributed by atoms with Gasteiger partial charge in [-0.15, -0.1) is 0 Å². The summed E-state index contributed by atoms with van der Waals surface area (Å²) in [6, 6.07) is 3.75.